The lowest BCUT2D eigenvalue weighted by molar-refractivity contribution is -0.122. The number of rotatable bonds is 6. The van der Waals surface area contributed by atoms with Crippen LogP contribution in [0.4, 0.5) is 0 Å². The second kappa shape index (κ2) is 8.03. The smallest absolute Gasteiger partial charge is 0.361 e. The molecule has 0 aliphatic heterocycles. The first-order valence-electron chi connectivity index (χ1n) is 8.80. The number of amides is 1. The molecular weight excluding hydrogens is 364 g/mol. The molecule has 0 unspecified atom stereocenters. The van der Waals surface area contributed by atoms with Gasteiger partial charge in [0.1, 0.15) is 17.8 Å². The van der Waals surface area contributed by atoms with Gasteiger partial charge in [0.25, 0.3) is 11.3 Å². The Morgan fingerprint density at radius 3 is 2.68 bits per heavy atom. The summed E-state index contributed by atoms with van der Waals surface area (Å²) in [4.78, 5) is 41.5. The molecule has 0 spiro atoms. The molecule has 2 heterocycles. The van der Waals surface area contributed by atoms with Gasteiger partial charge in [0, 0.05) is 0 Å². The fraction of sp³-hybridized carbons (Fsp3) is 0.316. The number of esters is 1. The first kappa shape index (κ1) is 19.3. The number of hydrogen-bond acceptors (Lipinski definition) is 7. The first-order valence-corrected chi connectivity index (χ1v) is 8.80. The van der Waals surface area contributed by atoms with E-state index in [-0.39, 0.29) is 47.7 Å². The van der Waals surface area contributed by atoms with E-state index in [4.69, 9.17) is 9.26 Å². The Kier molecular flexibility index (Phi) is 5.53. The van der Waals surface area contributed by atoms with E-state index in [1.165, 1.54) is 4.57 Å². The van der Waals surface area contributed by atoms with Gasteiger partial charge in [-0.2, -0.15) is 4.98 Å². The highest BCUT2D eigenvalue weighted by atomic mass is 16.5. The van der Waals surface area contributed by atoms with Crippen molar-refractivity contribution in [2.75, 3.05) is 6.61 Å². The van der Waals surface area contributed by atoms with Crippen LogP contribution >= 0.6 is 0 Å². The van der Waals surface area contributed by atoms with Gasteiger partial charge in [0.15, 0.2) is 0 Å². The van der Waals surface area contributed by atoms with Gasteiger partial charge in [-0.3, -0.25) is 14.2 Å². The number of carbonyl (C=O) groups excluding carboxylic acids is 2. The fourth-order valence-electron chi connectivity index (χ4n) is 2.82. The molecule has 3 rings (SSSR count). The minimum absolute atomic E-state index is 0.0696. The lowest BCUT2D eigenvalue weighted by atomic mass is 10.1. The van der Waals surface area contributed by atoms with E-state index in [1.807, 2.05) is 37.3 Å². The minimum Gasteiger partial charge on any atom is -0.461 e. The van der Waals surface area contributed by atoms with Gasteiger partial charge in [0.05, 0.1) is 12.6 Å². The van der Waals surface area contributed by atoms with Crippen LogP contribution in [0, 0.1) is 6.92 Å². The summed E-state index contributed by atoms with van der Waals surface area (Å²) in [7, 11) is 0. The average molecular weight is 384 g/mol. The molecule has 9 heteroatoms. The first-order chi connectivity index (χ1) is 13.4. The molecule has 2 aromatic heterocycles. The van der Waals surface area contributed by atoms with Crippen LogP contribution in [0.1, 0.15) is 41.8 Å². The number of hydrogen-bond donors (Lipinski definition) is 1. The molecule has 1 aromatic carbocycles. The summed E-state index contributed by atoms with van der Waals surface area (Å²) in [6, 6.07) is 9.23. The van der Waals surface area contributed by atoms with Crippen molar-refractivity contribution in [3.8, 4) is 0 Å². The molecule has 0 radical (unpaired) electrons. The van der Waals surface area contributed by atoms with Crippen LogP contribution in [-0.2, 0) is 16.1 Å². The third kappa shape index (κ3) is 3.78. The van der Waals surface area contributed by atoms with Gasteiger partial charge in [-0.25, -0.2) is 4.79 Å². The maximum Gasteiger partial charge on any atom is 0.361 e. The Hall–Kier alpha value is -3.49. The van der Waals surface area contributed by atoms with Crippen molar-refractivity contribution in [3.63, 3.8) is 0 Å². The molecule has 9 nitrogen and oxygen atoms in total. The predicted molar refractivity (Wildman–Crippen MR) is 99.8 cm³/mol. The molecule has 1 amide bonds. The Bertz CT molecular complexity index is 1070. The molecule has 1 N–H and O–H groups in total. The number of aromatic nitrogens is 3. The highest BCUT2D eigenvalue weighted by molar-refractivity contribution is 5.99. The third-order valence-electron chi connectivity index (χ3n) is 4.23. The number of carbonyl (C=O) groups is 2. The Morgan fingerprint density at radius 1 is 1.29 bits per heavy atom. The largest absolute Gasteiger partial charge is 0.461 e. The van der Waals surface area contributed by atoms with E-state index < -0.39 is 11.5 Å². The van der Waals surface area contributed by atoms with Crippen molar-refractivity contribution >= 4 is 23.0 Å². The van der Waals surface area contributed by atoms with Gasteiger partial charge < -0.3 is 14.6 Å². The van der Waals surface area contributed by atoms with Gasteiger partial charge in [-0.05, 0) is 26.3 Å². The molecule has 3 aromatic rings. The number of nitrogens with one attached hydrogen (secondary N) is 1. The van der Waals surface area contributed by atoms with Crippen LogP contribution in [0.5, 0.6) is 0 Å². The molecule has 0 aliphatic carbocycles. The summed E-state index contributed by atoms with van der Waals surface area (Å²) in [5, 5.41) is 6.34. The lowest BCUT2D eigenvalue weighted by Crippen LogP contribution is -2.35. The van der Waals surface area contributed by atoms with Crippen molar-refractivity contribution in [2.24, 2.45) is 0 Å². The van der Waals surface area contributed by atoms with Crippen molar-refractivity contribution in [1.29, 1.82) is 0 Å². The number of aryl methyl sites for hydroxylation is 1. The summed E-state index contributed by atoms with van der Waals surface area (Å²) in [5.74, 6) is -0.874. The maximum absolute atomic E-state index is 12.9. The van der Waals surface area contributed by atoms with E-state index in [0.29, 0.717) is 0 Å². The zero-order chi connectivity index (χ0) is 20.3. The zero-order valence-corrected chi connectivity index (χ0v) is 15.8. The summed E-state index contributed by atoms with van der Waals surface area (Å²) < 4.78 is 11.0. The Balaban J connectivity index is 1.88. The number of benzene rings is 1. The molecule has 0 bridgehead atoms. The number of fused-ring (bicyclic) bond motifs is 1. The third-order valence-corrected chi connectivity index (χ3v) is 4.23. The predicted octanol–water partition coefficient (Wildman–Crippen LogP) is 1.75. The monoisotopic (exact) mass is 384 g/mol. The van der Waals surface area contributed by atoms with E-state index in [2.05, 4.69) is 15.5 Å². The van der Waals surface area contributed by atoms with E-state index in [1.54, 1.807) is 13.8 Å². The molecule has 1 atom stereocenters. The Labute approximate surface area is 160 Å². The molecule has 0 saturated heterocycles. The van der Waals surface area contributed by atoms with Crippen molar-refractivity contribution in [3.05, 3.63) is 57.8 Å². The number of ether oxygens (including phenoxy) is 1. The topological polar surface area (TPSA) is 116 Å². The maximum atomic E-state index is 12.9. The fourth-order valence-corrected chi connectivity index (χ4v) is 2.82. The normalized spacial score (nSPS) is 12.0. The highest BCUT2D eigenvalue weighted by Crippen LogP contribution is 2.15. The van der Waals surface area contributed by atoms with Gasteiger partial charge >= 0.3 is 5.97 Å². The minimum atomic E-state index is -0.780. The van der Waals surface area contributed by atoms with Crippen LogP contribution in [-0.4, -0.2) is 33.2 Å². The summed E-state index contributed by atoms with van der Waals surface area (Å²) in [6.07, 6.45) is 0. The van der Waals surface area contributed by atoms with Crippen molar-refractivity contribution in [1.82, 2.24) is 20.0 Å². The summed E-state index contributed by atoms with van der Waals surface area (Å²) >= 11 is 0. The Morgan fingerprint density at radius 2 is 2.00 bits per heavy atom. The van der Waals surface area contributed by atoms with Crippen LogP contribution in [0.25, 0.3) is 11.1 Å². The molecule has 146 valence electrons. The summed E-state index contributed by atoms with van der Waals surface area (Å²) in [6.45, 7) is 4.93. The molecule has 0 saturated carbocycles. The molecule has 0 aliphatic rings. The van der Waals surface area contributed by atoms with Crippen LogP contribution in [0.2, 0.25) is 0 Å². The average Bonchev–Trinajstić information content (AvgIpc) is 3.10. The molecule has 0 fully saturated rings. The quantitative estimate of drug-likeness (QED) is 0.644. The van der Waals surface area contributed by atoms with Gasteiger partial charge in [0.2, 0.25) is 11.6 Å². The second-order valence-corrected chi connectivity index (χ2v) is 6.18. The molecule has 28 heavy (non-hydrogen) atoms. The second-order valence-electron chi connectivity index (χ2n) is 6.18. The van der Waals surface area contributed by atoms with E-state index in [9.17, 15) is 14.4 Å². The van der Waals surface area contributed by atoms with Crippen LogP contribution in [0.3, 0.4) is 0 Å². The van der Waals surface area contributed by atoms with Gasteiger partial charge in [-0.15, -0.1) is 0 Å². The van der Waals surface area contributed by atoms with Crippen LogP contribution in [0.15, 0.2) is 39.6 Å². The van der Waals surface area contributed by atoms with E-state index in [0.717, 1.165) is 5.56 Å². The van der Waals surface area contributed by atoms with Crippen molar-refractivity contribution in [2.45, 2.75) is 33.4 Å². The lowest BCUT2D eigenvalue weighted by Gasteiger charge is -2.15. The van der Waals surface area contributed by atoms with Crippen LogP contribution < -0.4 is 10.9 Å². The molecular formula is C19H20N4O5. The van der Waals surface area contributed by atoms with Gasteiger partial charge in [-0.1, -0.05) is 35.5 Å². The van der Waals surface area contributed by atoms with E-state index >= 15 is 0 Å². The highest BCUT2D eigenvalue weighted by Gasteiger charge is 2.24. The number of nitrogens with zero attached hydrogens (tertiary/aromatic N) is 3. The standard InChI is InChI=1S/C19H20N4O5/c1-4-27-19(26)16-15-17(28-22-16)21-12(3)23(18(15)25)10-14(24)20-11(2)13-8-6-5-7-9-13/h5-9,11H,4,10H2,1-3H3,(H,20,24)/t11-/m0/s1. The zero-order valence-electron chi connectivity index (χ0n) is 15.8. The SMILES string of the molecule is CCOC(=O)c1noc2nc(C)n(CC(=O)N[C@@H](C)c3ccccc3)c(=O)c12. The summed E-state index contributed by atoms with van der Waals surface area (Å²) in [5.41, 5.74) is 0.0347. The van der Waals surface area contributed by atoms with Crippen molar-refractivity contribution < 1.29 is 18.8 Å².